The Morgan fingerprint density at radius 3 is 1.05 bits per heavy atom. The van der Waals surface area contributed by atoms with E-state index < -0.39 is 70.7 Å². The summed E-state index contributed by atoms with van der Waals surface area (Å²) >= 11 is 3.53. The van der Waals surface area contributed by atoms with E-state index in [9.17, 15) is 24.3 Å². The Kier molecular flexibility index (Phi) is 31.5. The van der Waals surface area contributed by atoms with Crippen molar-refractivity contribution < 1.29 is 71.7 Å². The summed E-state index contributed by atoms with van der Waals surface area (Å²) in [4.78, 5) is 50.9. The number of hydrogen-bond donors (Lipinski definition) is 5. The molecule has 0 amide bonds. The topological polar surface area (TPSA) is 257 Å². The molecule has 0 spiro atoms. The molecule has 4 atom stereocenters. The van der Waals surface area contributed by atoms with Crippen LogP contribution < -0.4 is 36.3 Å². The summed E-state index contributed by atoms with van der Waals surface area (Å²) < 4.78 is 58.3. The number of rotatable bonds is 21. The van der Waals surface area contributed by atoms with Crippen LogP contribution in [-0.4, -0.2) is 92.5 Å². The standard InChI is InChI=1S/C35H39NO4.C34H37NO4.C24H31NO4.C15H22BrNO3/c1-22-19-29(36-21-27-13-9-12-24-11-7-8-15-28(24)27)23(2)32(33(34(37)38-6)40-35(3,4)5)31(22)26-16-17-30-25(20-26)14-10-18-39-30;1-21-18-28(35-20-26-12-8-11-23-10-6-7-14-27(23)26)22(2)31(32(33(36)37)39-34(3,4)5)30(21)25-15-16-29-24(19-25)13-9-17-38-29;1-14-12-18(25)15(2)21(22(23(26)27-6)29-24(3,4)5)20(14)17-9-10-19-16(13-17)8-7-11-28-19;1-8-7-10(17)9(2)11(12(8)16)13(14(18)19-6)20-15(3,4)5/h7-9,11-13,15-17,19-20,33,36H,10,14,18,21H2,1-6H3;6-8,10-12,14-16,18-19,32,35H,9,13,17,20H2,1-5H3,(H,36,37);9-10,12-13,22H,7-8,11,25H2,1-6H3;7,13H,17H2,1-6H3. The molecule has 128 heavy (non-hydrogen) atoms. The SMILES string of the molecule is COC(=O)C(OC(C)(C)C)c1c(C)c(N)cc(C)c1-c1ccc2c(c1)CCCO2.COC(=O)C(OC(C)(C)C)c1c(C)c(N)cc(C)c1Br.COC(=O)C(OC(C)(C)C)c1c(C)c(NCc2cccc3ccccc23)cc(C)c1-c1ccc2c(c1)CCCO2.Cc1cc(NCc2cccc3ccccc23)c(C)c(C(OC(C)(C)C)C(=O)O)c1-c1ccc2c(c1)CCCO2. The van der Waals surface area contributed by atoms with Crippen molar-refractivity contribution in [3.63, 3.8) is 0 Å². The number of nitrogen functional groups attached to an aromatic ring is 2. The molecule has 3 heterocycles. The van der Waals surface area contributed by atoms with Gasteiger partial charge in [0.2, 0.25) is 0 Å². The van der Waals surface area contributed by atoms with Crippen LogP contribution in [0.4, 0.5) is 22.7 Å². The van der Waals surface area contributed by atoms with Gasteiger partial charge in [0, 0.05) is 62.6 Å². The number of hydrogen-bond acceptors (Lipinski definition) is 18. The summed E-state index contributed by atoms with van der Waals surface area (Å²) in [6, 6.07) is 56.4. The minimum atomic E-state index is -1.12. The van der Waals surface area contributed by atoms with Crippen molar-refractivity contribution >= 4 is 84.1 Å². The first-order chi connectivity index (χ1) is 60.5. The summed E-state index contributed by atoms with van der Waals surface area (Å²) in [5, 5.41) is 22.6. The Morgan fingerprint density at radius 1 is 0.391 bits per heavy atom. The van der Waals surface area contributed by atoms with E-state index in [0.29, 0.717) is 30.0 Å². The highest BCUT2D eigenvalue weighted by Gasteiger charge is 2.38. The number of aryl methyl sites for hydroxylation is 7. The number of nitrogens with two attached hydrogens (primary N) is 2. The molecule has 0 saturated heterocycles. The van der Waals surface area contributed by atoms with Gasteiger partial charge in [0.15, 0.2) is 24.4 Å². The molecule has 0 saturated carbocycles. The maximum Gasteiger partial charge on any atom is 0.339 e. The normalized spacial score (nSPS) is 14.0. The van der Waals surface area contributed by atoms with Crippen LogP contribution in [0.5, 0.6) is 17.2 Å². The molecule has 7 N–H and O–H groups in total. The average molecular weight is 1800 g/mol. The number of carboxylic acids is 1. The van der Waals surface area contributed by atoms with Gasteiger partial charge in [-0.1, -0.05) is 119 Å². The molecule has 0 aliphatic carbocycles. The zero-order valence-corrected chi connectivity index (χ0v) is 80.5. The second-order valence-corrected chi connectivity index (χ2v) is 38.1. The number of carbonyl (C=O) groups excluding carboxylic acids is 3. The second-order valence-electron chi connectivity index (χ2n) is 37.3. The maximum atomic E-state index is 13.3. The van der Waals surface area contributed by atoms with Crippen molar-refractivity contribution in [2.45, 2.75) is 237 Å². The number of fused-ring (bicyclic) bond motifs is 5. The first-order valence-electron chi connectivity index (χ1n) is 44.1. The number of halogens is 1. The van der Waals surface area contributed by atoms with E-state index in [1.165, 1.54) is 65.1 Å². The number of ether oxygens (including phenoxy) is 10. The minimum Gasteiger partial charge on any atom is -0.493 e. The molecule has 0 aromatic heterocycles. The number of carbonyl (C=O) groups is 4. The summed E-state index contributed by atoms with van der Waals surface area (Å²) in [5.41, 5.74) is 35.6. The van der Waals surface area contributed by atoms with E-state index in [-0.39, 0.29) is 0 Å². The number of aliphatic carboxylic acids is 1. The lowest BCUT2D eigenvalue weighted by Gasteiger charge is -2.30. The first kappa shape index (κ1) is 97.4. The Bertz CT molecular complexity index is 5870. The number of anilines is 4. The van der Waals surface area contributed by atoms with Gasteiger partial charge in [-0.05, 0) is 365 Å². The zero-order valence-electron chi connectivity index (χ0n) is 78.9. The van der Waals surface area contributed by atoms with Gasteiger partial charge in [-0.15, -0.1) is 0 Å². The third kappa shape index (κ3) is 23.6. The molecule has 3 aliphatic rings. The molecule has 20 heteroatoms. The van der Waals surface area contributed by atoms with Crippen LogP contribution in [0, 0.1) is 55.4 Å². The zero-order chi connectivity index (χ0) is 93.2. The van der Waals surface area contributed by atoms with Gasteiger partial charge in [-0.25, -0.2) is 19.2 Å². The van der Waals surface area contributed by atoms with Gasteiger partial charge in [-0.2, -0.15) is 0 Å². The highest BCUT2D eigenvalue weighted by molar-refractivity contribution is 9.10. The Labute approximate surface area is 764 Å². The fourth-order valence-electron chi connectivity index (χ4n) is 17.1. The van der Waals surface area contributed by atoms with Crippen LogP contribution in [0.2, 0.25) is 0 Å². The molecule has 19 nitrogen and oxygen atoms in total. The highest BCUT2D eigenvalue weighted by atomic mass is 79.9. The average Bonchev–Trinajstić information content (AvgIpc) is 0.482. The van der Waals surface area contributed by atoms with Crippen molar-refractivity contribution in [1.82, 2.24) is 0 Å². The molecular weight excluding hydrogens is 1670 g/mol. The molecule has 0 bridgehead atoms. The quantitative estimate of drug-likeness (QED) is 0.0254. The number of nitrogens with one attached hydrogen (secondary N) is 2. The fourth-order valence-corrected chi connectivity index (χ4v) is 17.7. The molecule has 4 unspecified atom stereocenters. The third-order valence-electron chi connectivity index (χ3n) is 23.0. The summed E-state index contributed by atoms with van der Waals surface area (Å²) in [6.07, 6.45) is 2.18. The van der Waals surface area contributed by atoms with Crippen molar-refractivity contribution in [3.8, 4) is 50.6 Å². The third-order valence-corrected chi connectivity index (χ3v) is 24.1. The minimum absolute atomic E-state index is 0.411. The van der Waals surface area contributed by atoms with Crippen LogP contribution in [0.3, 0.4) is 0 Å². The predicted molar refractivity (Wildman–Crippen MR) is 518 cm³/mol. The second kappa shape index (κ2) is 41.4. The van der Waals surface area contributed by atoms with Crippen LogP contribution in [0.15, 0.2) is 168 Å². The number of carboxylic acid groups (broad SMARTS) is 1. The number of methoxy groups -OCH3 is 3. The fraction of sp³-hybridized carbons (Fsp3) is 0.389. The molecule has 14 rings (SSSR count). The number of esters is 3. The van der Waals surface area contributed by atoms with Crippen LogP contribution in [0.25, 0.3) is 54.9 Å². The maximum absolute atomic E-state index is 13.3. The molecule has 678 valence electrons. The molecular formula is C108H129BrN4O15. The molecule has 0 fully saturated rings. The Hall–Kier alpha value is -11.3. The van der Waals surface area contributed by atoms with Gasteiger partial charge >= 0.3 is 23.9 Å². The van der Waals surface area contributed by atoms with Gasteiger partial charge in [0.1, 0.15) is 17.2 Å². The summed E-state index contributed by atoms with van der Waals surface area (Å²) in [7, 11) is 4.15. The van der Waals surface area contributed by atoms with E-state index in [0.717, 1.165) is 192 Å². The van der Waals surface area contributed by atoms with Gasteiger partial charge in [0.25, 0.3) is 0 Å². The molecule has 3 aliphatic heterocycles. The van der Waals surface area contributed by atoms with Crippen molar-refractivity contribution in [1.29, 1.82) is 0 Å². The van der Waals surface area contributed by atoms with E-state index in [2.05, 4.69) is 156 Å². The molecule has 11 aromatic carbocycles. The van der Waals surface area contributed by atoms with Gasteiger partial charge < -0.3 is 74.6 Å². The highest BCUT2D eigenvalue weighted by Crippen LogP contribution is 2.48. The molecule has 0 radical (unpaired) electrons. The van der Waals surface area contributed by atoms with Crippen molar-refractivity contribution in [2.24, 2.45) is 0 Å². The van der Waals surface area contributed by atoms with E-state index in [4.69, 9.17) is 58.8 Å². The monoisotopic (exact) mass is 1800 g/mol. The van der Waals surface area contributed by atoms with Crippen LogP contribution in [-0.2, 0) is 84.7 Å². The first-order valence-corrected chi connectivity index (χ1v) is 44.9. The Morgan fingerprint density at radius 2 is 0.695 bits per heavy atom. The van der Waals surface area contributed by atoms with E-state index in [1.807, 2.05) is 173 Å². The lowest BCUT2D eigenvalue weighted by atomic mass is 9.86. The lowest BCUT2D eigenvalue weighted by Crippen LogP contribution is -2.29. The predicted octanol–water partition coefficient (Wildman–Crippen LogP) is 24.7. The van der Waals surface area contributed by atoms with Gasteiger partial charge in [-0.3, -0.25) is 0 Å². The lowest BCUT2D eigenvalue weighted by molar-refractivity contribution is -0.164. The van der Waals surface area contributed by atoms with E-state index in [1.54, 1.807) is 0 Å². The largest absolute Gasteiger partial charge is 0.493 e. The van der Waals surface area contributed by atoms with Crippen LogP contribution in [0.1, 0.15) is 221 Å². The smallest absolute Gasteiger partial charge is 0.339 e. The number of benzene rings is 11. The molecule has 11 aromatic rings. The van der Waals surface area contributed by atoms with E-state index >= 15 is 0 Å². The van der Waals surface area contributed by atoms with Gasteiger partial charge in [0.05, 0.1) is 63.6 Å². The van der Waals surface area contributed by atoms with Crippen molar-refractivity contribution in [3.05, 3.63) is 263 Å². The summed E-state index contributed by atoms with van der Waals surface area (Å²) in [6.45, 7) is 42.5. The summed E-state index contributed by atoms with van der Waals surface area (Å²) in [5.74, 6) is 0.503. The van der Waals surface area contributed by atoms with Crippen molar-refractivity contribution in [2.75, 3.05) is 63.3 Å². The van der Waals surface area contributed by atoms with Crippen LogP contribution >= 0.6 is 15.9 Å². The Balaban J connectivity index is 0.000000170.